The van der Waals surface area contributed by atoms with Crippen molar-refractivity contribution in [1.29, 1.82) is 0 Å². The number of rotatable bonds is 8. The van der Waals surface area contributed by atoms with Crippen LogP contribution in [0.2, 0.25) is 0 Å². The third-order valence-corrected chi connectivity index (χ3v) is 8.22. The molecule has 0 unspecified atom stereocenters. The minimum atomic E-state index is -0.121. The predicted octanol–water partition coefficient (Wildman–Crippen LogP) is 5.95. The summed E-state index contributed by atoms with van der Waals surface area (Å²) in [6, 6.07) is 13.3. The fourth-order valence-electron chi connectivity index (χ4n) is 4.92. The van der Waals surface area contributed by atoms with E-state index in [0.29, 0.717) is 17.1 Å². The van der Waals surface area contributed by atoms with E-state index >= 15 is 0 Å². The Balaban J connectivity index is 1.34. The molecule has 8 heteroatoms. The Morgan fingerprint density at radius 3 is 2.55 bits per heavy atom. The first kappa shape index (κ1) is 26.0. The van der Waals surface area contributed by atoms with Gasteiger partial charge >= 0.3 is 0 Å². The Morgan fingerprint density at radius 1 is 1.03 bits per heavy atom. The van der Waals surface area contributed by atoms with Gasteiger partial charge in [-0.1, -0.05) is 17.7 Å². The number of amides is 2. The molecule has 38 heavy (non-hydrogen) atoms. The average Bonchev–Trinajstić information content (AvgIpc) is 3.60. The van der Waals surface area contributed by atoms with Crippen molar-refractivity contribution in [2.24, 2.45) is 4.99 Å². The number of anilines is 1. The van der Waals surface area contributed by atoms with Gasteiger partial charge in [-0.05, 0) is 86.9 Å². The van der Waals surface area contributed by atoms with Crippen LogP contribution in [0.4, 0.5) is 10.7 Å². The molecule has 1 aliphatic carbocycles. The lowest BCUT2D eigenvalue weighted by atomic mass is 9.95. The zero-order chi connectivity index (χ0) is 26.5. The lowest BCUT2D eigenvalue weighted by Gasteiger charge is -2.16. The highest BCUT2D eigenvalue weighted by atomic mass is 32.1. The molecule has 5 rings (SSSR count). The minimum Gasteiger partial charge on any atom is -0.493 e. The second kappa shape index (κ2) is 11.8. The number of benzene rings is 2. The molecule has 1 aliphatic heterocycles. The van der Waals surface area contributed by atoms with Gasteiger partial charge in [0.15, 0.2) is 18.1 Å². The molecule has 198 valence electrons. The van der Waals surface area contributed by atoms with Gasteiger partial charge in [-0.2, -0.15) is 0 Å². The molecule has 1 fully saturated rings. The summed E-state index contributed by atoms with van der Waals surface area (Å²) in [7, 11) is 1.58. The fraction of sp³-hybridized carbons (Fsp3) is 0.367. The zero-order valence-corrected chi connectivity index (χ0v) is 22.7. The number of aliphatic imine (C=N–C) groups is 1. The third kappa shape index (κ3) is 5.91. The normalized spacial score (nSPS) is 14.9. The van der Waals surface area contributed by atoms with Crippen LogP contribution in [0.1, 0.15) is 57.6 Å². The molecule has 1 aromatic heterocycles. The summed E-state index contributed by atoms with van der Waals surface area (Å²) in [6.07, 6.45) is 7.94. The molecule has 2 aromatic carbocycles. The maximum Gasteiger partial charge on any atom is 0.260 e. The molecule has 3 aromatic rings. The number of carbonyl (C=O) groups excluding carboxylic acids is 2. The minimum absolute atomic E-state index is 0.00621. The van der Waals surface area contributed by atoms with Gasteiger partial charge in [0, 0.05) is 29.9 Å². The van der Waals surface area contributed by atoms with Crippen LogP contribution in [0.3, 0.4) is 0 Å². The molecule has 1 N–H and O–H groups in total. The van der Waals surface area contributed by atoms with Crippen molar-refractivity contribution in [3.05, 3.63) is 69.6 Å². The number of nitrogens with one attached hydrogen (secondary N) is 1. The van der Waals surface area contributed by atoms with E-state index in [1.54, 1.807) is 30.7 Å². The molecule has 0 atom stereocenters. The predicted molar refractivity (Wildman–Crippen MR) is 152 cm³/mol. The van der Waals surface area contributed by atoms with Gasteiger partial charge in [-0.3, -0.25) is 9.59 Å². The molecule has 0 spiro atoms. The number of nitrogens with zero attached hydrogens (tertiary/aromatic N) is 2. The van der Waals surface area contributed by atoms with Crippen LogP contribution in [-0.4, -0.2) is 49.7 Å². The topological polar surface area (TPSA) is 80.2 Å². The number of likely N-dealkylation sites (tertiary alicyclic amines) is 1. The SMILES string of the molecule is COc1cc(C=Nc2sc3c(c2C(=O)Nc2ccc(C)cc2)CCCC3)ccc1OCC(=O)N1CCCC1. The lowest BCUT2D eigenvalue weighted by molar-refractivity contribution is -0.132. The van der Waals surface area contributed by atoms with Gasteiger partial charge < -0.3 is 19.7 Å². The number of ether oxygens (including phenoxy) is 2. The summed E-state index contributed by atoms with van der Waals surface area (Å²) in [5.41, 5.74) is 4.54. The molecule has 2 aliphatic rings. The summed E-state index contributed by atoms with van der Waals surface area (Å²) >= 11 is 1.60. The number of hydrogen-bond donors (Lipinski definition) is 1. The van der Waals surface area contributed by atoms with Gasteiger partial charge in [0.2, 0.25) is 0 Å². The molecular weight excluding hydrogens is 498 g/mol. The Hall–Kier alpha value is -3.65. The highest BCUT2D eigenvalue weighted by Crippen LogP contribution is 2.40. The highest BCUT2D eigenvalue weighted by Gasteiger charge is 2.25. The standard InChI is InChI=1S/C30H33N3O4S/c1-20-9-12-22(13-10-20)32-29(35)28-23-7-3-4-8-26(23)38-30(28)31-18-21-11-14-24(25(17-21)36-2)37-19-27(34)33-15-5-6-16-33/h9-14,17-18H,3-8,15-16,19H2,1-2H3,(H,32,35). The lowest BCUT2D eigenvalue weighted by Crippen LogP contribution is -2.32. The summed E-state index contributed by atoms with van der Waals surface area (Å²) in [5.74, 6) is 0.922. The van der Waals surface area contributed by atoms with Crippen LogP contribution >= 0.6 is 11.3 Å². The van der Waals surface area contributed by atoms with E-state index in [0.717, 1.165) is 79.0 Å². The van der Waals surface area contributed by atoms with E-state index in [1.165, 1.54) is 4.88 Å². The summed E-state index contributed by atoms with van der Waals surface area (Å²) < 4.78 is 11.3. The first-order valence-corrected chi connectivity index (χ1v) is 14.0. The van der Waals surface area contributed by atoms with E-state index in [9.17, 15) is 9.59 Å². The third-order valence-electron chi connectivity index (χ3n) is 7.02. The summed E-state index contributed by atoms with van der Waals surface area (Å²) in [5, 5.41) is 3.78. The summed E-state index contributed by atoms with van der Waals surface area (Å²) in [4.78, 5) is 33.6. The molecule has 0 radical (unpaired) electrons. The molecular formula is C30H33N3O4S. The van der Waals surface area contributed by atoms with Gasteiger partial charge in [-0.25, -0.2) is 4.99 Å². The molecule has 7 nitrogen and oxygen atoms in total. The first-order chi connectivity index (χ1) is 18.5. The van der Waals surface area contributed by atoms with Crippen molar-refractivity contribution in [3.63, 3.8) is 0 Å². The van der Waals surface area contributed by atoms with Crippen molar-refractivity contribution < 1.29 is 19.1 Å². The van der Waals surface area contributed by atoms with E-state index in [4.69, 9.17) is 14.5 Å². The van der Waals surface area contributed by atoms with Crippen molar-refractivity contribution in [3.8, 4) is 11.5 Å². The number of thiophene rings is 1. The van der Waals surface area contributed by atoms with Gasteiger partial charge in [-0.15, -0.1) is 11.3 Å². The number of carbonyl (C=O) groups is 2. The largest absolute Gasteiger partial charge is 0.493 e. The Kier molecular flexibility index (Phi) is 8.08. The van der Waals surface area contributed by atoms with Crippen LogP contribution < -0.4 is 14.8 Å². The Bertz CT molecular complexity index is 1340. The van der Waals surface area contributed by atoms with Crippen LogP contribution in [0, 0.1) is 6.92 Å². The maximum atomic E-state index is 13.4. The molecule has 2 heterocycles. The van der Waals surface area contributed by atoms with Crippen LogP contribution in [-0.2, 0) is 17.6 Å². The van der Waals surface area contributed by atoms with Gasteiger partial charge in [0.1, 0.15) is 5.00 Å². The highest BCUT2D eigenvalue weighted by molar-refractivity contribution is 7.16. The number of hydrogen-bond acceptors (Lipinski definition) is 6. The molecule has 0 saturated carbocycles. The molecule has 1 saturated heterocycles. The second-order valence-electron chi connectivity index (χ2n) is 9.76. The van der Waals surface area contributed by atoms with Crippen molar-refractivity contribution in [1.82, 2.24) is 4.90 Å². The van der Waals surface area contributed by atoms with Crippen molar-refractivity contribution >= 4 is 40.1 Å². The average molecular weight is 532 g/mol. The molecule has 0 bridgehead atoms. The fourth-order valence-corrected chi connectivity index (χ4v) is 6.15. The summed E-state index contributed by atoms with van der Waals surface area (Å²) in [6.45, 7) is 3.61. The van der Waals surface area contributed by atoms with Crippen molar-refractivity contribution in [2.75, 3.05) is 32.1 Å². The van der Waals surface area contributed by atoms with Crippen LogP contribution in [0.15, 0.2) is 47.5 Å². The van der Waals surface area contributed by atoms with Crippen molar-refractivity contribution in [2.45, 2.75) is 45.4 Å². The van der Waals surface area contributed by atoms with E-state index in [1.807, 2.05) is 48.2 Å². The Labute approximate surface area is 227 Å². The van der Waals surface area contributed by atoms with E-state index < -0.39 is 0 Å². The molecule has 2 amide bonds. The van der Waals surface area contributed by atoms with Gasteiger partial charge in [0.25, 0.3) is 11.8 Å². The monoisotopic (exact) mass is 531 g/mol. The Morgan fingerprint density at radius 2 is 1.79 bits per heavy atom. The smallest absolute Gasteiger partial charge is 0.260 e. The maximum absolute atomic E-state index is 13.4. The number of aryl methyl sites for hydroxylation is 2. The quantitative estimate of drug-likeness (QED) is 0.365. The zero-order valence-electron chi connectivity index (χ0n) is 21.9. The van der Waals surface area contributed by atoms with E-state index in [2.05, 4.69) is 5.32 Å². The number of fused-ring (bicyclic) bond motifs is 1. The number of methoxy groups -OCH3 is 1. The first-order valence-electron chi connectivity index (χ1n) is 13.2. The van der Waals surface area contributed by atoms with Crippen LogP contribution in [0.25, 0.3) is 0 Å². The van der Waals surface area contributed by atoms with Crippen LogP contribution in [0.5, 0.6) is 11.5 Å². The van der Waals surface area contributed by atoms with Gasteiger partial charge in [0.05, 0.1) is 12.7 Å². The second-order valence-corrected chi connectivity index (χ2v) is 10.8. The van der Waals surface area contributed by atoms with E-state index in [-0.39, 0.29) is 18.4 Å².